The van der Waals surface area contributed by atoms with Crippen LogP contribution in [0.1, 0.15) is 37.3 Å². The summed E-state index contributed by atoms with van der Waals surface area (Å²) in [6.07, 6.45) is 1.96. The van der Waals surface area contributed by atoms with Crippen molar-refractivity contribution in [2.75, 3.05) is 13.1 Å². The fraction of sp³-hybridized carbons (Fsp3) is 0.333. The highest BCUT2D eigenvalue weighted by Gasteiger charge is 2.34. The summed E-state index contributed by atoms with van der Waals surface area (Å²) < 4.78 is 0. The van der Waals surface area contributed by atoms with Crippen LogP contribution in [0.3, 0.4) is 0 Å². The number of carboxylic acids is 1. The number of carbonyl (C=O) groups excluding carboxylic acids is 1. The molecular formula is C24H26N2O6S. The number of aliphatic hydroxyl groups is 1. The number of carboxylic acid groups (broad SMARTS) is 1. The maximum Gasteiger partial charge on any atom is 0.310 e. The van der Waals surface area contributed by atoms with Gasteiger partial charge in [0.2, 0.25) is 5.91 Å². The summed E-state index contributed by atoms with van der Waals surface area (Å²) in [5.74, 6) is -2.30. The molecule has 0 radical (unpaired) electrons. The maximum atomic E-state index is 12.5. The molecular weight excluding hydrogens is 444 g/mol. The van der Waals surface area contributed by atoms with Gasteiger partial charge in [-0.15, -0.1) is 0 Å². The lowest BCUT2D eigenvalue weighted by atomic mass is 9.95. The number of nitro groups is 1. The van der Waals surface area contributed by atoms with Gasteiger partial charge < -0.3 is 15.1 Å². The standard InChI is InChI=1S/C24H26N2O6S/c1-15(2)17-5-3-4-6-21(17)33-22-9-7-16(13-19(22)26(31)32)8-10-23(28)25-12-11-20(27)18(14-25)24(29)30/h3-10,13,15,18,20,27H,11-12,14H2,1-2H3,(H,29,30)/b10-8+. The summed E-state index contributed by atoms with van der Waals surface area (Å²) in [4.78, 5) is 37.8. The molecule has 0 bridgehead atoms. The predicted molar refractivity (Wildman–Crippen MR) is 125 cm³/mol. The Bertz CT molecular complexity index is 1080. The van der Waals surface area contributed by atoms with Gasteiger partial charge in [-0.05, 0) is 41.7 Å². The van der Waals surface area contributed by atoms with E-state index in [0.717, 1.165) is 10.5 Å². The largest absolute Gasteiger partial charge is 0.481 e. The lowest BCUT2D eigenvalue weighted by Gasteiger charge is -2.33. The van der Waals surface area contributed by atoms with Crippen LogP contribution in [0.5, 0.6) is 0 Å². The Morgan fingerprint density at radius 1 is 1.21 bits per heavy atom. The molecule has 0 spiro atoms. The molecule has 2 unspecified atom stereocenters. The van der Waals surface area contributed by atoms with Crippen LogP contribution in [0, 0.1) is 16.0 Å². The van der Waals surface area contributed by atoms with Crippen molar-refractivity contribution in [1.29, 1.82) is 0 Å². The average Bonchev–Trinajstić information content (AvgIpc) is 2.78. The number of likely N-dealkylation sites (tertiary alicyclic amines) is 1. The first kappa shape index (κ1) is 24.5. The average molecular weight is 471 g/mol. The van der Waals surface area contributed by atoms with E-state index < -0.39 is 28.8 Å². The molecule has 2 N–H and O–H groups in total. The van der Waals surface area contributed by atoms with E-state index in [4.69, 9.17) is 0 Å². The van der Waals surface area contributed by atoms with Crippen molar-refractivity contribution in [2.45, 2.75) is 42.1 Å². The quantitative estimate of drug-likeness (QED) is 0.354. The Kier molecular flexibility index (Phi) is 7.88. The Morgan fingerprint density at radius 2 is 1.94 bits per heavy atom. The van der Waals surface area contributed by atoms with E-state index in [0.29, 0.717) is 10.5 Å². The van der Waals surface area contributed by atoms with Crippen molar-refractivity contribution in [3.63, 3.8) is 0 Å². The van der Waals surface area contributed by atoms with Crippen molar-refractivity contribution in [3.05, 3.63) is 69.8 Å². The van der Waals surface area contributed by atoms with Gasteiger partial charge in [0.15, 0.2) is 0 Å². The van der Waals surface area contributed by atoms with Gasteiger partial charge in [0, 0.05) is 30.1 Å². The molecule has 1 aliphatic heterocycles. The second-order valence-corrected chi connectivity index (χ2v) is 9.28. The van der Waals surface area contributed by atoms with Crippen LogP contribution in [0.15, 0.2) is 58.3 Å². The molecule has 174 valence electrons. The molecule has 0 saturated carbocycles. The molecule has 0 aliphatic carbocycles. The third-order valence-electron chi connectivity index (χ3n) is 5.56. The van der Waals surface area contributed by atoms with Crippen LogP contribution < -0.4 is 0 Å². The van der Waals surface area contributed by atoms with Crippen molar-refractivity contribution in [3.8, 4) is 0 Å². The zero-order valence-corrected chi connectivity index (χ0v) is 19.2. The summed E-state index contributed by atoms with van der Waals surface area (Å²) in [5.41, 5.74) is 1.54. The normalized spacial score (nSPS) is 18.6. The van der Waals surface area contributed by atoms with Gasteiger partial charge in [-0.25, -0.2) is 0 Å². The topological polar surface area (TPSA) is 121 Å². The highest BCUT2D eigenvalue weighted by Crippen LogP contribution is 2.39. The van der Waals surface area contributed by atoms with Crippen molar-refractivity contribution < 1.29 is 24.7 Å². The van der Waals surface area contributed by atoms with E-state index in [2.05, 4.69) is 13.8 Å². The number of carbonyl (C=O) groups is 2. The number of benzene rings is 2. The molecule has 1 heterocycles. The third-order valence-corrected chi connectivity index (χ3v) is 6.72. The second kappa shape index (κ2) is 10.6. The van der Waals surface area contributed by atoms with Gasteiger partial charge in [-0.3, -0.25) is 19.7 Å². The van der Waals surface area contributed by atoms with E-state index in [1.54, 1.807) is 12.1 Å². The first-order valence-corrected chi connectivity index (χ1v) is 11.4. The molecule has 0 aromatic heterocycles. The van der Waals surface area contributed by atoms with Crippen LogP contribution in [0.25, 0.3) is 6.08 Å². The summed E-state index contributed by atoms with van der Waals surface area (Å²) in [7, 11) is 0. The number of aliphatic carboxylic acids is 1. The van der Waals surface area contributed by atoms with Crippen LogP contribution >= 0.6 is 11.8 Å². The first-order valence-electron chi connectivity index (χ1n) is 10.6. The lowest BCUT2D eigenvalue weighted by Crippen LogP contribution is -2.48. The van der Waals surface area contributed by atoms with E-state index in [-0.39, 0.29) is 31.1 Å². The molecule has 8 nitrogen and oxygen atoms in total. The molecule has 1 saturated heterocycles. The molecule has 1 aliphatic rings. The molecule has 9 heteroatoms. The lowest BCUT2D eigenvalue weighted by molar-refractivity contribution is -0.387. The van der Waals surface area contributed by atoms with Gasteiger partial charge in [-0.2, -0.15) is 0 Å². The van der Waals surface area contributed by atoms with E-state index in [9.17, 15) is 29.9 Å². The Labute approximate surface area is 196 Å². The van der Waals surface area contributed by atoms with Gasteiger partial charge in [0.1, 0.15) is 5.92 Å². The number of nitrogens with zero attached hydrogens (tertiary/aromatic N) is 2. The first-order chi connectivity index (χ1) is 15.7. The molecule has 2 aromatic carbocycles. The minimum atomic E-state index is -1.15. The van der Waals surface area contributed by atoms with Gasteiger partial charge >= 0.3 is 5.97 Å². The van der Waals surface area contributed by atoms with Crippen molar-refractivity contribution >= 4 is 35.4 Å². The van der Waals surface area contributed by atoms with Crippen LogP contribution in [-0.4, -0.2) is 51.1 Å². The van der Waals surface area contributed by atoms with Crippen molar-refractivity contribution in [1.82, 2.24) is 4.90 Å². The highest BCUT2D eigenvalue weighted by atomic mass is 32.2. The summed E-state index contributed by atoms with van der Waals surface area (Å²) in [6, 6.07) is 12.6. The Balaban J connectivity index is 1.78. The third kappa shape index (κ3) is 6.00. The zero-order chi connectivity index (χ0) is 24.1. The van der Waals surface area contributed by atoms with E-state index >= 15 is 0 Å². The molecule has 1 amide bonds. The minimum Gasteiger partial charge on any atom is -0.481 e. The monoisotopic (exact) mass is 470 g/mol. The highest BCUT2D eigenvalue weighted by molar-refractivity contribution is 7.99. The molecule has 3 rings (SSSR count). The van der Waals surface area contributed by atoms with Crippen molar-refractivity contribution in [2.24, 2.45) is 5.92 Å². The Morgan fingerprint density at radius 3 is 2.61 bits per heavy atom. The molecule has 2 atom stereocenters. The van der Waals surface area contributed by atoms with Crippen LogP contribution in [0.4, 0.5) is 5.69 Å². The molecule has 33 heavy (non-hydrogen) atoms. The number of piperidine rings is 1. The minimum absolute atomic E-state index is 0.0554. The number of amides is 1. The number of aliphatic hydroxyl groups excluding tert-OH is 1. The molecule has 1 fully saturated rings. The zero-order valence-electron chi connectivity index (χ0n) is 18.4. The van der Waals surface area contributed by atoms with E-state index in [1.807, 2.05) is 24.3 Å². The smallest absolute Gasteiger partial charge is 0.310 e. The SMILES string of the molecule is CC(C)c1ccccc1Sc1ccc(/C=C/C(=O)N2CCC(O)C(C(=O)O)C2)cc1[N+](=O)[O-]. The van der Waals surface area contributed by atoms with Crippen LogP contribution in [0.2, 0.25) is 0 Å². The Hall–Kier alpha value is -3.17. The molecule has 2 aromatic rings. The van der Waals surface area contributed by atoms with Gasteiger partial charge in [-0.1, -0.05) is 49.9 Å². The predicted octanol–water partition coefficient (Wildman–Crippen LogP) is 4.18. The van der Waals surface area contributed by atoms with Gasteiger partial charge in [0.05, 0.1) is 15.9 Å². The number of rotatable bonds is 7. The number of hydrogen-bond donors (Lipinski definition) is 2. The summed E-state index contributed by atoms with van der Waals surface area (Å²) in [5, 5.41) is 30.7. The van der Waals surface area contributed by atoms with E-state index in [1.165, 1.54) is 34.9 Å². The number of hydrogen-bond acceptors (Lipinski definition) is 6. The van der Waals surface area contributed by atoms with Gasteiger partial charge in [0.25, 0.3) is 5.69 Å². The fourth-order valence-electron chi connectivity index (χ4n) is 3.69. The maximum absolute atomic E-state index is 12.5. The second-order valence-electron chi connectivity index (χ2n) is 8.20. The fourth-order valence-corrected chi connectivity index (χ4v) is 4.87. The summed E-state index contributed by atoms with van der Waals surface area (Å²) in [6.45, 7) is 4.31. The number of nitro benzene ring substituents is 1. The summed E-state index contributed by atoms with van der Waals surface area (Å²) >= 11 is 1.34. The van der Waals surface area contributed by atoms with Crippen LogP contribution in [-0.2, 0) is 9.59 Å².